The summed E-state index contributed by atoms with van der Waals surface area (Å²) in [6.07, 6.45) is 1.62. The molecule has 0 unspecified atom stereocenters. The van der Waals surface area contributed by atoms with Gasteiger partial charge in [-0.05, 0) is 67.1 Å². The lowest BCUT2D eigenvalue weighted by molar-refractivity contribution is 0.102. The van der Waals surface area contributed by atoms with Gasteiger partial charge < -0.3 is 10.6 Å². The predicted octanol–water partition coefficient (Wildman–Crippen LogP) is 5.18. The van der Waals surface area contributed by atoms with Gasteiger partial charge in [0, 0.05) is 16.3 Å². The van der Waals surface area contributed by atoms with Crippen LogP contribution in [0.3, 0.4) is 0 Å². The van der Waals surface area contributed by atoms with Crippen molar-refractivity contribution in [1.82, 2.24) is 4.98 Å². The van der Waals surface area contributed by atoms with Crippen LogP contribution in [0, 0.1) is 12.7 Å². The van der Waals surface area contributed by atoms with E-state index in [0.29, 0.717) is 16.4 Å². The Balaban J connectivity index is 1.67. The highest BCUT2D eigenvalue weighted by Gasteiger charge is 2.07. The fraction of sp³-hybridized carbons (Fsp3) is 0.0526. The normalized spacial score (nSPS) is 10.4. The molecule has 4 nitrogen and oxygen atoms in total. The number of hydrogen-bond donors (Lipinski definition) is 2. The summed E-state index contributed by atoms with van der Waals surface area (Å²) in [5, 5.41) is 6.59. The van der Waals surface area contributed by atoms with Crippen molar-refractivity contribution in [3.8, 4) is 0 Å². The van der Waals surface area contributed by atoms with Crippen molar-refractivity contribution in [3.63, 3.8) is 0 Å². The minimum absolute atomic E-state index is 0.346. The van der Waals surface area contributed by atoms with Crippen molar-refractivity contribution in [2.24, 2.45) is 0 Å². The van der Waals surface area contributed by atoms with Crippen LogP contribution in [0.15, 0.2) is 60.8 Å². The number of nitrogens with zero attached hydrogens (tertiary/aromatic N) is 1. The van der Waals surface area contributed by atoms with E-state index in [0.717, 1.165) is 16.9 Å². The molecule has 0 aliphatic carbocycles. The largest absolute Gasteiger partial charge is 0.354 e. The van der Waals surface area contributed by atoms with E-state index >= 15 is 0 Å². The number of carbonyl (C=O) groups excluding carboxylic acids is 1. The van der Waals surface area contributed by atoms with Crippen LogP contribution in [0.1, 0.15) is 15.9 Å². The Labute approximate surface area is 149 Å². The minimum Gasteiger partial charge on any atom is -0.354 e. The van der Waals surface area contributed by atoms with Gasteiger partial charge in [-0.1, -0.05) is 11.6 Å². The van der Waals surface area contributed by atoms with Gasteiger partial charge in [0.1, 0.15) is 11.6 Å². The summed E-state index contributed by atoms with van der Waals surface area (Å²) in [4.78, 5) is 16.3. The van der Waals surface area contributed by atoms with E-state index in [1.807, 2.05) is 25.1 Å². The molecule has 0 aliphatic rings. The molecule has 0 aliphatic heterocycles. The van der Waals surface area contributed by atoms with Crippen LogP contribution in [-0.2, 0) is 0 Å². The van der Waals surface area contributed by atoms with Crippen molar-refractivity contribution >= 4 is 34.7 Å². The molecule has 126 valence electrons. The summed E-state index contributed by atoms with van der Waals surface area (Å²) in [5.74, 6) is -0.322. The fourth-order valence-corrected chi connectivity index (χ4v) is 2.48. The lowest BCUT2D eigenvalue weighted by Crippen LogP contribution is -2.12. The Kier molecular flexibility index (Phi) is 4.95. The number of pyridine rings is 1. The second-order valence-electron chi connectivity index (χ2n) is 5.48. The third-order valence-electron chi connectivity index (χ3n) is 3.58. The van der Waals surface area contributed by atoms with Crippen LogP contribution in [0.5, 0.6) is 0 Å². The number of aromatic nitrogens is 1. The number of amides is 1. The molecule has 3 rings (SSSR count). The van der Waals surface area contributed by atoms with Gasteiger partial charge in [0.2, 0.25) is 0 Å². The number of carbonyl (C=O) groups is 1. The second kappa shape index (κ2) is 7.32. The Bertz CT molecular complexity index is 896. The van der Waals surface area contributed by atoms with E-state index in [1.165, 1.54) is 24.3 Å². The Morgan fingerprint density at radius 3 is 2.48 bits per heavy atom. The number of rotatable bonds is 4. The smallest absolute Gasteiger partial charge is 0.256 e. The van der Waals surface area contributed by atoms with E-state index in [4.69, 9.17) is 11.6 Å². The SMILES string of the molecule is Cc1cc(Cl)ccc1Nc1ccc(NC(=O)c2ccc(F)cc2)nc1. The monoisotopic (exact) mass is 355 g/mol. The molecule has 1 amide bonds. The first-order valence-corrected chi connectivity index (χ1v) is 7.95. The molecule has 2 aromatic carbocycles. The van der Waals surface area contributed by atoms with Crippen molar-refractivity contribution in [3.05, 3.63) is 82.8 Å². The highest BCUT2D eigenvalue weighted by Crippen LogP contribution is 2.23. The predicted molar refractivity (Wildman–Crippen MR) is 98.1 cm³/mol. The molecule has 1 aromatic heterocycles. The summed E-state index contributed by atoms with van der Waals surface area (Å²) in [5.41, 5.74) is 3.09. The van der Waals surface area contributed by atoms with Gasteiger partial charge in [-0.3, -0.25) is 4.79 Å². The Morgan fingerprint density at radius 2 is 1.84 bits per heavy atom. The van der Waals surface area contributed by atoms with Crippen molar-refractivity contribution in [1.29, 1.82) is 0 Å². The zero-order chi connectivity index (χ0) is 17.8. The highest BCUT2D eigenvalue weighted by molar-refractivity contribution is 6.30. The maximum absolute atomic E-state index is 12.9. The van der Waals surface area contributed by atoms with Crippen LogP contribution >= 0.6 is 11.6 Å². The third kappa shape index (κ3) is 4.33. The highest BCUT2D eigenvalue weighted by atomic mass is 35.5. The molecule has 6 heteroatoms. The van der Waals surface area contributed by atoms with Crippen LogP contribution in [0.25, 0.3) is 0 Å². The van der Waals surface area contributed by atoms with Gasteiger partial charge in [0.15, 0.2) is 0 Å². The number of nitrogens with one attached hydrogen (secondary N) is 2. The van der Waals surface area contributed by atoms with Gasteiger partial charge in [0.25, 0.3) is 5.91 Å². The van der Waals surface area contributed by atoms with Gasteiger partial charge in [-0.2, -0.15) is 0 Å². The Morgan fingerprint density at radius 1 is 1.08 bits per heavy atom. The summed E-state index contributed by atoms with van der Waals surface area (Å²) in [6, 6.07) is 14.4. The van der Waals surface area contributed by atoms with Crippen molar-refractivity contribution < 1.29 is 9.18 Å². The second-order valence-corrected chi connectivity index (χ2v) is 5.91. The molecule has 0 saturated heterocycles. The molecule has 0 atom stereocenters. The number of halogens is 2. The average molecular weight is 356 g/mol. The molecule has 25 heavy (non-hydrogen) atoms. The fourth-order valence-electron chi connectivity index (χ4n) is 2.25. The van der Waals surface area contributed by atoms with E-state index in [9.17, 15) is 9.18 Å². The maximum Gasteiger partial charge on any atom is 0.256 e. The van der Waals surface area contributed by atoms with Gasteiger partial charge in [-0.25, -0.2) is 9.37 Å². The molecule has 0 radical (unpaired) electrons. The summed E-state index contributed by atoms with van der Waals surface area (Å²) < 4.78 is 12.9. The molecule has 0 saturated carbocycles. The molecule has 0 fully saturated rings. The minimum atomic E-state index is -0.386. The van der Waals surface area contributed by atoms with Crippen LogP contribution < -0.4 is 10.6 Å². The number of aryl methyl sites for hydroxylation is 1. The summed E-state index contributed by atoms with van der Waals surface area (Å²) in [7, 11) is 0. The van der Waals surface area contributed by atoms with Crippen molar-refractivity contribution in [2.75, 3.05) is 10.6 Å². The van der Waals surface area contributed by atoms with Crippen LogP contribution in [0.2, 0.25) is 5.02 Å². The van der Waals surface area contributed by atoms with E-state index in [-0.39, 0.29) is 11.7 Å². The van der Waals surface area contributed by atoms with Crippen molar-refractivity contribution in [2.45, 2.75) is 6.92 Å². The quantitative estimate of drug-likeness (QED) is 0.678. The Hall–Kier alpha value is -2.92. The molecule has 2 N–H and O–H groups in total. The van der Waals surface area contributed by atoms with Gasteiger partial charge >= 0.3 is 0 Å². The maximum atomic E-state index is 12.9. The molecule has 3 aromatic rings. The van der Waals surface area contributed by atoms with E-state index in [2.05, 4.69) is 15.6 Å². The van der Waals surface area contributed by atoms with Gasteiger partial charge in [-0.15, -0.1) is 0 Å². The third-order valence-corrected chi connectivity index (χ3v) is 3.81. The lowest BCUT2D eigenvalue weighted by atomic mass is 10.2. The standard InChI is InChI=1S/C19H15ClFN3O/c1-12-10-14(20)4-8-17(12)23-16-7-9-18(22-11-16)24-19(25)13-2-5-15(21)6-3-13/h2-11,23H,1H3,(H,22,24,25). The lowest BCUT2D eigenvalue weighted by Gasteiger charge is -2.10. The first kappa shape index (κ1) is 16.9. The first-order chi connectivity index (χ1) is 12.0. The van der Waals surface area contributed by atoms with Crippen LogP contribution in [0.4, 0.5) is 21.6 Å². The molecule has 0 spiro atoms. The first-order valence-electron chi connectivity index (χ1n) is 7.57. The topological polar surface area (TPSA) is 54.0 Å². The average Bonchev–Trinajstić information content (AvgIpc) is 2.59. The number of anilines is 3. The summed E-state index contributed by atoms with van der Waals surface area (Å²) >= 11 is 5.95. The molecular weight excluding hydrogens is 341 g/mol. The van der Waals surface area contributed by atoms with E-state index < -0.39 is 0 Å². The number of benzene rings is 2. The zero-order valence-electron chi connectivity index (χ0n) is 13.4. The molecule has 1 heterocycles. The van der Waals surface area contributed by atoms with Gasteiger partial charge in [0.05, 0.1) is 11.9 Å². The molecular formula is C19H15ClFN3O. The number of hydrogen-bond acceptors (Lipinski definition) is 3. The molecule has 0 bridgehead atoms. The summed E-state index contributed by atoms with van der Waals surface area (Å²) in [6.45, 7) is 1.96. The van der Waals surface area contributed by atoms with E-state index in [1.54, 1.807) is 18.3 Å². The zero-order valence-corrected chi connectivity index (χ0v) is 14.1. The van der Waals surface area contributed by atoms with Crippen LogP contribution in [-0.4, -0.2) is 10.9 Å².